The molecule has 2 aromatic rings. The molecule has 0 bridgehead atoms. The Hall–Kier alpha value is -1.80. The quantitative estimate of drug-likeness (QED) is 0.660. The second-order valence-electron chi connectivity index (χ2n) is 5.26. The zero-order chi connectivity index (χ0) is 18.6. The van der Waals surface area contributed by atoms with Gasteiger partial charge in [0.05, 0.1) is 16.8 Å². The van der Waals surface area contributed by atoms with Crippen LogP contribution >= 0.6 is 23.1 Å². The molecule has 1 unspecified atom stereocenters. The van der Waals surface area contributed by atoms with Gasteiger partial charge < -0.3 is 0 Å². The monoisotopic (exact) mass is 396 g/mol. The Morgan fingerprint density at radius 1 is 1.44 bits per heavy atom. The Bertz CT molecular complexity index is 899. The number of nitriles is 1. The number of hydrogen-bond acceptors (Lipinski definition) is 8. The number of carbonyl (C=O) groups excluding carboxylic acids is 1. The highest BCUT2D eigenvalue weighted by Crippen LogP contribution is 2.24. The van der Waals surface area contributed by atoms with E-state index in [1.165, 1.54) is 37.7 Å². The lowest BCUT2D eigenvalue weighted by Gasteiger charge is -2.11. The fourth-order valence-corrected chi connectivity index (χ4v) is 4.27. The number of pyridine rings is 1. The molecule has 0 radical (unpaired) electrons. The lowest BCUT2D eigenvalue weighted by atomic mass is 10.1. The second kappa shape index (κ2) is 8.05. The second-order valence-corrected chi connectivity index (χ2v) is 9.30. The van der Waals surface area contributed by atoms with Crippen LogP contribution in [0.2, 0.25) is 0 Å². The molecule has 0 saturated carbocycles. The number of carbonyl (C=O) groups is 1. The van der Waals surface area contributed by atoms with E-state index in [1.54, 1.807) is 18.4 Å². The van der Waals surface area contributed by atoms with Crippen LogP contribution in [0.15, 0.2) is 33.6 Å². The third-order valence-electron chi connectivity index (χ3n) is 3.18. The largest absolute Gasteiger partial charge is 0.297 e. The summed E-state index contributed by atoms with van der Waals surface area (Å²) in [6.45, 7) is 1.81. The summed E-state index contributed by atoms with van der Waals surface area (Å²) in [5.74, 6) is -1.09. The molecule has 0 aromatic carbocycles. The molecule has 0 aliphatic rings. The molecule has 0 spiro atoms. The summed E-state index contributed by atoms with van der Waals surface area (Å²) in [6, 6.07) is 4.98. The Morgan fingerprint density at radius 2 is 2.16 bits per heavy atom. The van der Waals surface area contributed by atoms with E-state index in [0.29, 0.717) is 10.0 Å². The average molecular weight is 397 g/mol. The maximum Gasteiger partial charge on any atom is 0.244 e. The smallest absolute Gasteiger partial charge is 0.244 e. The van der Waals surface area contributed by atoms with Crippen molar-refractivity contribution in [3.8, 4) is 6.07 Å². The number of nitrogens with zero attached hydrogens (tertiary/aromatic N) is 4. The molecule has 0 N–H and O–H groups in total. The van der Waals surface area contributed by atoms with Gasteiger partial charge in [0, 0.05) is 31.4 Å². The first-order valence-electron chi connectivity index (χ1n) is 7.11. The molecule has 0 amide bonds. The molecule has 2 rings (SSSR count). The maximum atomic E-state index is 12.3. The lowest BCUT2D eigenvalue weighted by Crippen LogP contribution is -2.22. The summed E-state index contributed by atoms with van der Waals surface area (Å²) >= 11 is 2.45. The van der Waals surface area contributed by atoms with Crippen LogP contribution in [0.3, 0.4) is 0 Å². The number of ketones is 1. The Balaban J connectivity index is 2.04. The van der Waals surface area contributed by atoms with Crippen molar-refractivity contribution < 1.29 is 13.2 Å². The van der Waals surface area contributed by atoms with Crippen molar-refractivity contribution >= 4 is 38.9 Å². The molecule has 25 heavy (non-hydrogen) atoms. The van der Waals surface area contributed by atoms with E-state index in [1.807, 2.05) is 6.07 Å². The van der Waals surface area contributed by atoms with E-state index in [9.17, 15) is 18.5 Å². The highest BCUT2D eigenvalue weighted by molar-refractivity contribution is 7.99. The number of Topliss-reactive ketones (excluding diaryl/α,β-unsaturated/α-hetero) is 1. The first-order chi connectivity index (χ1) is 11.8. The van der Waals surface area contributed by atoms with Crippen LogP contribution in [0.5, 0.6) is 0 Å². The number of thiazole rings is 1. The fraction of sp³-hybridized carbons (Fsp3) is 0.333. The first-order valence-corrected chi connectivity index (χ1v) is 10.4. The summed E-state index contributed by atoms with van der Waals surface area (Å²) in [6.07, 6.45) is 1.26. The van der Waals surface area contributed by atoms with Crippen molar-refractivity contribution in [3.63, 3.8) is 0 Å². The summed E-state index contributed by atoms with van der Waals surface area (Å²) < 4.78 is 25.1. The van der Waals surface area contributed by atoms with Gasteiger partial charge in [-0.15, -0.1) is 11.3 Å². The van der Waals surface area contributed by atoms with Crippen molar-refractivity contribution in [2.24, 2.45) is 0 Å². The molecule has 0 aliphatic heterocycles. The highest BCUT2D eigenvalue weighted by Gasteiger charge is 2.23. The summed E-state index contributed by atoms with van der Waals surface area (Å²) in [4.78, 5) is 20.6. The van der Waals surface area contributed by atoms with E-state index in [0.717, 1.165) is 21.8 Å². The lowest BCUT2D eigenvalue weighted by molar-refractivity contribution is -0.116. The summed E-state index contributed by atoms with van der Waals surface area (Å²) in [5.41, 5.74) is 0.778. The van der Waals surface area contributed by atoms with Gasteiger partial charge in [0.1, 0.15) is 9.90 Å². The number of aryl methyl sites for hydroxylation is 1. The summed E-state index contributed by atoms with van der Waals surface area (Å²) in [5, 5.41) is 12.0. The van der Waals surface area contributed by atoms with Gasteiger partial charge in [0.2, 0.25) is 10.0 Å². The highest BCUT2D eigenvalue weighted by atomic mass is 32.2. The predicted octanol–water partition coefficient (Wildman–Crippen LogP) is 2.07. The molecule has 0 fully saturated rings. The number of rotatable bonds is 7. The SMILES string of the molecule is Cc1csc(C(C#N)C(=O)CSc2ccc(S(=O)(=O)N(C)C)cn2)n1. The molecular weight excluding hydrogens is 380 g/mol. The fourth-order valence-electron chi connectivity index (χ4n) is 1.81. The third-order valence-corrected chi connectivity index (χ3v) is 6.98. The average Bonchev–Trinajstić information content (AvgIpc) is 3.00. The van der Waals surface area contributed by atoms with E-state index in [-0.39, 0.29) is 16.4 Å². The number of aromatic nitrogens is 2. The number of thioether (sulfide) groups is 1. The minimum Gasteiger partial charge on any atom is -0.297 e. The van der Waals surface area contributed by atoms with Gasteiger partial charge in [-0.2, -0.15) is 5.26 Å². The van der Waals surface area contributed by atoms with Crippen molar-refractivity contribution in [2.45, 2.75) is 22.8 Å². The van der Waals surface area contributed by atoms with Crippen molar-refractivity contribution in [2.75, 3.05) is 19.8 Å². The molecule has 2 aromatic heterocycles. The third kappa shape index (κ3) is 4.64. The van der Waals surface area contributed by atoms with Gasteiger partial charge in [-0.3, -0.25) is 4.79 Å². The first kappa shape index (κ1) is 19.5. The molecule has 0 aliphatic carbocycles. The standard InChI is InChI=1S/C15H16N4O3S3/c1-10-8-24-15(18-10)12(6-16)13(20)9-23-14-5-4-11(7-17-14)25(21,22)19(2)3/h4-5,7-8,12H,9H2,1-3H3. The Kier molecular flexibility index (Phi) is 6.29. The van der Waals surface area contributed by atoms with Crippen LogP contribution in [0.4, 0.5) is 0 Å². The summed E-state index contributed by atoms with van der Waals surface area (Å²) in [7, 11) is -0.644. The van der Waals surface area contributed by atoms with Crippen LogP contribution in [-0.2, 0) is 14.8 Å². The van der Waals surface area contributed by atoms with Gasteiger partial charge in [0.15, 0.2) is 11.7 Å². The van der Waals surface area contributed by atoms with Crippen molar-refractivity contribution in [1.82, 2.24) is 14.3 Å². The van der Waals surface area contributed by atoms with Crippen LogP contribution in [0.1, 0.15) is 16.6 Å². The number of sulfonamides is 1. The molecule has 2 heterocycles. The number of hydrogen-bond donors (Lipinski definition) is 0. The van der Waals surface area contributed by atoms with E-state index < -0.39 is 15.9 Å². The van der Waals surface area contributed by atoms with Crippen LogP contribution in [0.25, 0.3) is 0 Å². The van der Waals surface area contributed by atoms with Gasteiger partial charge in [-0.25, -0.2) is 22.7 Å². The Labute approximate surface area is 154 Å². The van der Waals surface area contributed by atoms with Gasteiger partial charge >= 0.3 is 0 Å². The van der Waals surface area contributed by atoms with Crippen molar-refractivity contribution in [3.05, 3.63) is 34.4 Å². The minimum atomic E-state index is -3.53. The topological polar surface area (TPSA) is 104 Å². The van der Waals surface area contributed by atoms with Gasteiger partial charge in [0.25, 0.3) is 0 Å². The molecular formula is C15H16N4O3S3. The van der Waals surface area contributed by atoms with Crippen LogP contribution < -0.4 is 0 Å². The van der Waals surface area contributed by atoms with Crippen LogP contribution in [-0.4, -0.2) is 48.3 Å². The van der Waals surface area contributed by atoms with Gasteiger partial charge in [-0.1, -0.05) is 11.8 Å². The molecule has 10 heteroatoms. The van der Waals surface area contributed by atoms with E-state index in [2.05, 4.69) is 9.97 Å². The molecule has 1 atom stereocenters. The molecule has 132 valence electrons. The normalized spacial score (nSPS) is 12.8. The van der Waals surface area contributed by atoms with E-state index in [4.69, 9.17) is 0 Å². The minimum absolute atomic E-state index is 0.0592. The zero-order valence-electron chi connectivity index (χ0n) is 13.8. The maximum absolute atomic E-state index is 12.3. The molecule has 7 nitrogen and oxygen atoms in total. The van der Waals surface area contributed by atoms with Gasteiger partial charge in [-0.05, 0) is 19.1 Å². The van der Waals surface area contributed by atoms with Crippen LogP contribution in [0, 0.1) is 18.3 Å². The zero-order valence-corrected chi connectivity index (χ0v) is 16.3. The Morgan fingerprint density at radius 3 is 2.64 bits per heavy atom. The molecule has 0 saturated heterocycles. The van der Waals surface area contributed by atoms with Crippen molar-refractivity contribution in [1.29, 1.82) is 5.26 Å². The predicted molar refractivity (Wildman–Crippen MR) is 96.0 cm³/mol. The van der Waals surface area contributed by atoms with E-state index >= 15 is 0 Å².